The molecule has 0 spiro atoms. The number of nitrogens with zero attached hydrogens (tertiary/aromatic N) is 1. The number of H-pyrrole nitrogens is 1. The first-order valence-electron chi connectivity index (χ1n) is 8.18. The number of hydrogen-bond donors (Lipinski definition) is 2. The van der Waals surface area contributed by atoms with Crippen LogP contribution in [0.3, 0.4) is 0 Å². The van der Waals surface area contributed by atoms with Gasteiger partial charge < -0.3 is 15.2 Å². The molecule has 2 amide bonds. The molecule has 0 radical (unpaired) electrons. The van der Waals surface area contributed by atoms with Crippen LogP contribution in [0.1, 0.15) is 25.8 Å². The van der Waals surface area contributed by atoms with Crippen molar-refractivity contribution in [2.24, 2.45) is 5.92 Å². The third kappa shape index (κ3) is 3.38. The molecule has 1 aromatic carbocycles. The lowest BCUT2D eigenvalue weighted by molar-refractivity contribution is -0.129. The van der Waals surface area contributed by atoms with Gasteiger partial charge in [-0.1, -0.05) is 12.1 Å². The van der Waals surface area contributed by atoms with Crippen LogP contribution in [0.25, 0.3) is 10.9 Å². The Morgan fingerprint density at radius 1 is 1.39 bits per heavy atom. The van der Waals surface area contributed by atoms with Crippen molar-refractivity contribution < 1.29 is 9.59 Å². The van der Waals surface area contributed by atoms with Crippen molar-refractivity contribution >= 4 is 22.7 Å². The topological polar surface area (TPSA) is 65.2 Å². The summed E-state index contributed by atoms with van der Waals surface area (Å²) in [6.45, 7) is 5.10. The maximum atomic E-state index is 12.2. The molecule has 1 aliphatic heterocycles. The smallest absolute Gasteiger partial charge is 0.225 e. The minimum Gasteiger partial charge on any atom is -0.361 e. The number of amides is 2. The lowest BCUT2D eigenvalue weighted by Crippen LogP contribution is -2.36. The van der Waals surface area contributed by atoms with E-state index in [4.69, 9.17) is 0 Å². The molecule has 1 unspecified atom stereocenters. The number of benzene rings is 1. The van der Waals surface area contributed by atoms with Gasteiger partial charge in [-0.25, -0.2) is 0 Å². The van der Waals surface area contributed by atoms with Crippen molar-refractivity contribution in [2.75, 3.05) is 13.1 Å². The van der Waals surface area contributed by atoms with E-state index in [2.05, 4.69) is 28.5 Å². The number of aromatic nitrogens is 1. The number of likely N-dealkylation sites (tertiary alicyclic amines) is 1. The summed E-state index contributed by atoms with van der Waals surface area (Å²) < 4.78 is 0. The van der Waals surface area contributed by atoms with Gasteiger partial charge in [0.25, 0.3) is 0 Å². The first-order valence-corrected chi connectivity index (χ1v) is 8.18. The zero-order chi connectivity index (χ0) is 16.4. The van der Waals surface area contributed by atoms with Gasteiger partial charge in [-0.2, -0.15) is 0 Å². The second kappa shape index (κ2) is 6.44. The summed E-state index contributed by atoms with van der Waals surface area (Å²) in [4.78, 5) is 29.1. The van der Waals surface area contributed by atoms with Gasteiger partial charge in [-0.3, -0.25) is 9.59 Å². The van der Waals surface area contributed by atoms with Crippen molar-refractivity contribution in [3.63, 3.8) is 0 Å². The molecule has 0 saturated carbocycles. The Hall–Kier alpha value is -2.30. The standard InChI is InChI=1S/C18H23N3O2/c1-12(2)21-11-15(10-17(21)22)18(23)20-7-5-13-3-4-14-6-8-19-16(14)9-13/h3-4,6,8-9,12,15,19H,5,7,10-11H2,1-2H3,(H,20,23). The van der Waals surface area contributed by atoms with E-state index in [0.29, 0.717) is 19.5 Å². The van der Waals surface area contributed by atoms with Crippen LogP contribution < -0.4 is 5.32 Å². The summed E-state index contributed by atoms with van der Waals surface area (Å²) in [5.41, 5.74) is 2.30. The van der Waals surface area contributed by atoms with Crippen molar-refractivity contribution in [2.45, 2.75) is 32.7 Å². The van der Waals surface area contributed by atoms with Gasteiger partial charge >= 0.3 is 0 Å². The zero-order valence-corrected chi connectivity index (χ0v) is 13.6. The first kappa shape index (κ1) is 15.6. The van der Waals surface area contributed by atoms with Crippen LogP contribution in [0.4, 0.5) is 0 Å². The Morgan fingerprint density at radius 2 is 2.22 bits per heavy atom. The van der Waals surface area contributed by atoms with Gasteiger partial charge in [0.1, 0.15) is 0 Å². The number of nitrogens with one attached hydrogen (secondary N) is 2. The summed E-state index contributed by atoms with van der Waals surface area (Å²) >= 11 is 0. The zero-order valence-electron chi connectivity index (χ0n) is 13.6. The average Bonchev–Trinajstić information content (AvgIpc) is 3.12. The predicted octanol–water partition coefficient (Wildman–Crippen LogP) is 2.08. The SMILES string of the molecule is CC(C)N1CC(C(=O)NCCc2ccc3cc[nH]c3c2)CC1=O. The van der Waals surface area contributed by atoms with Crippen molar-refractivity contribution in [1.82, 2.24) is 15.2 Å². The fourth-order valence-corrected chi connectivity index (χ4v) is 3.13. The summed E-state index contributed by atoms with van der Waals surface area (Å²) in [6.07, 6.45) is 3.04. The van der Waals surface area contributed by atoms with Crippen LogP contribution in [-0.4, -0.2) is 40.8 Å². The highest BCUT2D eigenvalue weighted by molar-refractivity contribution is 5.89. The fraction of sp³-hybridized carbons (Fsp3) is 0.444. The molecule has 5 heteroatoms. The van der Waals surface area contributed by atoms with Gasteiger partial charge in [-0.15, -0.1) is 0 Å². The van der Waals surface area contributed by atoms with Crippen molar-refractivity contribution in [3.05, 3.63) is 36.0 Å². The lowest BCUT2D eigenvalue weighted by Gasteiger charge is -2.20. The number of aromatic amines is 1. The van der Waals surface area contributed by atoms with Gasteiger partial charge in [0.15, 0.2) is 0 Å². The summed E-state index contributed by atoms with van der Waals surface area (Å²) in [7, 11) is 0. The second-order valence-corrected chi connectivity index (χ2v) is 6.48. The van der Waals surface area contributed by atoms with E-state index >= 15 is 0 Å². The highest BCUT2D eigenvalue weighted by Gasteiger charge is 2.35. The maximum absolute atomic E-state index is 12.2. The first-order chi connectivity index (χ1) is 11.0. The fourth-order valence-electron chi connectivity index (χ4n) is 3.13. The number of fused-ring (bicyclic) bond motifs is 1. The maximum Gasteiger partial charge on any atom is 0.225 e. The molecule has 2 aromatic rings. The third-order valence-corrected chi connectivity index (χ3v) is 4.48. The minimum atomic E-state index is -0.212. The van der Waals surface area contributed by atoms with Crippen molar-refractivity contribution in [1.29, 1.82) is 0 Å². The monoisotopic (exact) mass is 313 g/mol. The normalized spacial score (nSPS) is 18.1. The molecule has 1 atom stereocenters. The van der Waals surface area contributed by atoms with E-state index in [1.54, 1.807) is 4.90 Å². The van der Waals surface area contributed by atoms with Crippen molar-refractivity contribution in [3.8, 4) is 0 Å². The van der Waals surface area contributed by atoms with Crippen LogP contribution in [0.5, 0.6) is 0 Å². The van der Waals surface area contributed by atoms with Crippen LogP contribution in [0.2, 0.25) is 0 Å². The Morgan fingerprint density at radius 3 is 2.96 bits per heavy atom. The molecule has 5 nitrogen and oxygen atoms in total. The van der Waals surface area contributed by atoms with E-state index in [1.807, 2.05) is 26.1 Å². The van der Waals surface area contributed by atoms with E-state index in [1.165, 1.54) is 10.9 Å². The summed E-state index contributed by atoms with van der Waals surface area (Å²) in [5.74, 6) is -0.143. The van der Waals surface area contributed by atoms with Gasteiger partial charge in [-0.05, 0) is 43.4 Å². The number of carbonyl (C=O) groups excluding carboxylic acids is 2. The Bertz CT molecular complexity index is 720. The molecule has 122 valence electrons. The molecule has 23 heavy (non-hydrogen) atoms. The van der Waals surface area contributed by atoms with Gasteiger partial charge in [0.05, 0.1) is 5.92 Å². The van der Waals surface area contributed by atoms with Crippen LogP contribution in [0, 0.1) is 5.92 Å². The molecule has 3 rings (SSSR count). The Kier molecular flexibility index (Phi) is 4.37. The molecule has 1 aromatic heterocycles. The third-order valence-electron chi connectivity index (χ3n) is 4.48. The molecule has 0 bridgehead atoms. The van der Waals surface area contributed by atoms with E-state index in [9.17, 15) is 9.59 Å². The van der Waals surface area contributed by atoms with E-state index < -0.39 is 0 Å². The quantitative estimate of drug-likeness (QED) is 0.887. The lowest BCUT2D eigenvalue weighted by atomic mass is 10.1. The molecular weight excluding hydrogens is 290 g/mol. The molecule has 2 N–H and O–H groups in total. The van der Waals surface area contributed by atoms with E-state index in [-0.39, 0.29) is 23.8 Å². The summed E-state index contributed by atoms with van der Waals surface area (Å²) in [5, 5.41) is 4.16. The molecule has 1 fully saturated rings. The second-order valence-electron chi connectivity index (χ2n) is 6.48. The Balaban J connectivity index is 1.50. The minimum absolute atomic E-state index is 0.0116. The number of rotatable bonds is 5. The largest absolute Gasteiger partial charge is 0.361 e. The van der Waals surface area contributed by atoms with Crippen LogP contribution in [-0.2, 0) is 16.0 Å². The van der Waals surface area contributed by atoms with Crippen LogP contribution in [0.15, 0.2) is 30.5 Å². The number of hydrogen-bond acceptors (Lipinski definition) is 2. The molecule has 2 heterocycles. The van der Waals surface area contributed by atoms with Gasteiger partial charge in [0, 0.05) is 37.3 Å². The summed E-state index contributed by atoms with van der Waals surface area (Å²) in [6, 6.07) is 8.48. The highest BCUT2D eigenvalue weighted by atomic mass is 16.2. The Labute approximate surface area is 136 Å². The molecule has 1 aliphatic rings. The molecular formula is C18H23N3O2. The highest BCUT2D eigenvalue weighted by Crippen LogP contribution is 2.20. The van der Waals surface area contributed by atoms with E-state index in [0.717, 1.165) is 11.9 Å². The molecule has 1 saturated heterocycles. The van der Waals surface area contributed by atoms with Crippen LogP contribution >= 0.6 is 0 Å². The molecule has 0 aliphatic carbocycles. The van der Waals surface area contributed by atoms with Gasteiger partial charge in [0.2, 0.25) is 11.8 Å². The average molecular weight is 313 g/mol. The predicted molar refractivity (Wildman–Crippen MR) is 90.0 cm³/mol. The number of carbonyl (C=O) groups is 2.